The molecule has 0 unspecified atom stereocenters. The molecule has 0 saturated carbocycles. The number of nitrogens with one attached hydrogen (secondary N) is 1. The third kappa shape index (κ3) is 3.47. The Kier molecular flexibility index (Phi) is 4.48. The number of hydrogen-bond donors (Lipinski definition) is 2. The average Bonchev–Trinajstić information content (AvgIpc) is 2.66. The number of aliphatic hydroxyl groups is 1. The Labute approximate surface area is 124 Å². The monoisotopic (exact) mass is 337 g/mol. The van der Waals surface area contributed by atoms with E-state index in [9.17, 15) is 21.9 Å². The molecule has 120 valence electrons. The van der Waals surface area contributed by atoms with Crippen molar-refractivity contribution in [2.45, 2.75) is 44.2 Å². The molecule has 0 amide bonds. The SMILES string of the molecule is Cc1oc(C)c(S(=O)(=O)NC2CCS(=O)(=O)CC2)c1CO. The molecule has 7 nitrogen and oxygen atoms in total. The van der Waals surface area contributed by atoms with Gasteiger partial charge in [0.25, 0.3) is 0 Å². The first-order valence-electron chi connectivity index (χ1n) is 6.59. The van der Waals surface area contributed by atoms with Crippen LogP contribution in [0.5, 0.6) is 0 Å². The standard InChI is InChI=1S/C12H19NO6S2/c1-8-11(7-14)12(9(2)19-8)21(17,18)13-10-3-5-20(15,16)6-4-10/h10,13-14H,3-7H2,1-2H3. The molecule has 21 heavy (non-hydrogen) atoms. The smallest absolute Gasteiger partial charge is 0.244 e. The molecule has 2 rings (SSSR count). The Hall–Kier alpha value is -0.900. The second kappa shape index (κ2) is 5.71. The summed E-state index contributed by atoms with van der Waals surface area (Å²) in [6, 6.07) is -0.417. The first-order chi connectivity index (χ1) is 9.66. The van der Waals surface area contributed by atoms with E-state index in [1.54, 1.807) is 6.92 Å². The molecule has 1 saturated heterocycles. The topological polar surface area (TPSA) is 114 Å². The van der Waals surface area contributed by atoms with E-state index in [1.807, 2.05) is 0 Å². The summed E-state index contributed by atoms with van der Waals surface area (Å²) >= 11 is 0. The third-order valence-corrected chi connectivity index (χ3v) is 7.06. The van der Waals surface area contributed by atoms with Crippen LogP contribution < -0.4 is 4.72 Å². The molecule has 1 aliphatic heterocycles. The lowest BCUT2D eigenvalue weighted by Gasteiger charge is -2.22. The predicted octanol–water partition coefficient (Wildman–Crippen LogP) is 0.244. The molecule has 1 aliphatic rings. The zero-order valence-electron chi connectivity index (χ0n) is 11.9. The maximum Gasteiger partial charge on any atom is 0.244 e. The van der Waals surface area contributed by atoms with Crippen molar-refractivity contribution in [3.05, 3.63) is 17.1 Å². The van der Waals surface area contributed by atoms with Gasteiger partial charge in [0.15, 0.2) is 0 Å². The summed E-state index contributed by atoms with van der Waals surface area (Å²) in [7, 11) is -6.89. The summed E-state index contributed by atoms with van der Waals surface area (Å²) in [5, 5.41) is 9.32. The zero-order chi connectivity index (χ0) is 15.8. The fraction of sp³-hybridized carbons (Fsp3) is 0.667. The van der Waals surface area contributed by atoms with Crippen molar-refractivity contribution in [2.24, 2.45) is 0 Å². The molecule has 0 spiro atoms. The van der Waals surface area contributed by atoms with E-state index in [4.69, 9.17) is 4.42 Å². The van der Waals surface area contributed by atoms with E-state index in [2.05, 4.69) is 4.72 Å². The lowest BCUT2D eigenvalue weighted by molar-refractivity contribution is 0.276. The third-order valence-electron chi connectivity index (χ3n) is 3.63. The molecule has 1 fully saturated rings. The minimum atomic E-state index is -3.85. The number of rotatable bonds is 4. The Morgan fingerprint density at radius 1 is 1.24 bits per heavy atom. The van der Waals surface area contributed by atoms with Gasteiger partial charge in [0.1, 0.15) is 26.3 Å². The Bertz CT molecular complexity index is 718. The van der Waals surface area contributed by atoms with Gasteiger partial charge in [-0.2, -0.15) is 0 Å². The summed E-state index contributed by atoms with van der Waals surface area (Å²) in [5.41, 5.74) is 0.239. The molecule has 9 heteroatoms. The molecule has 0 radical (unpaired) electrons. The molecule has 2 N–H and O–H groups in total. The van der Waals surface area contributed by atoms with Crippen LogP contribution >= 0.6 is 0 Å². The van der Waals surface area contributed by atoms with Crippen LogP contribution in [0.2, 0.25) is 0 Å². The van der Waals surface area contributed by atoms with Gasteiger partial charge >= 0.3 is 0 Å². The Morgan fingerprint density at radius 2 is 1.81 bits per heavy atom. The van der Waals surface area contributed by atoms with E-state index in [0.29, 0.717) is 5.76 Å². The number of furan rings is 1. The second-order valence-corrected chi connectivity index (χ2v) is 9.18. The first-order valence-corrected chi connectivity index (χ1v) is 9.89. The van der Waals surface area contributed by atoms with Gasteiger partial charge < -0.3 is 9.52 Å². The van der Waals surface area contributed by atoms with Crippen molar-refractivity contribution in [2.75, 3.05) is 11.5 Å². The van der Waals surface area contributed by atoms with Crippen LogP contribution in [0.4, 0.5) is 0 Å². The number of aryl methyl sites for hydroxylation is 2. The maximum absolute atomic E-state index is 12.4. The molecule has 0 aliphatic carbocycles. The zero-order valence-corrected chi connectivity index (χ0v) is 13.6. The van der Waals surface area contributed by atoms with Crippen LogP contribution in [0.3, 0.4) is 0 Å². The molecule has 0 atom stereocenters. The van der Waals surface area contributed by atoms with Crippen molar-refractivity contribution in [1.29, 1.82) is 0 Å². The average molecular weight is 337 g/mol. The van der Waals surface area contributed by atoms with E-state index < -0.39 is 32.5 Å². The lowest BCUT2D eigenvalue weighted by Crippen LogP contribution is -2.41. The lowest BCUT2D eigenvalue weighted by atomic mass is 10.2. The minimum absolute atomic E-state index is 0.0174. The Balaban J connectivity index is 2.24. The minimum Gasteiger partial charge on any atom is -0.465 e. The summed E-state index contributed by atoms with van der Waals surface area (Å²) in [6.07, 6.45) is 0.512. The van der Waals surface area contributed by atoms with E-state index >= 15 is 0 Å². The molecule has 1 aromatic rings. The highest BCUT2D eigenvalue weighted by Gasteiger charge is 2.31. The number of sulfone groups is 1. The fourth-order valence-electron chi connectivity index (χ4n) is 2.53. The second-order valence-electron chi connectivity index (χ2n) is 5.23. The van der Waals surface area contributed by atoms with Gasteiger partial charge in [-0.3, -0.25) is 0 Å². The van der Waals surface area contributed by atoms with Crippen molar-refractivity contribution in [1.82, 2.24) is 4.72 Å². The molecule has 0 bridgehead atoms. The predicted molar refractivity (Wildman–Crippen MR) is 76.1 cm³/mol. The highest BCUT2D eigenvalue weighted by Crippen LogP contribution is 2.27. The van der Waals surface area contributed by atoms with Crippen LogP contribution in [0.15, 0.2) is 9.31 Å². The number of hydrogen-bond acceptors (Lipinski definition) is 6. The van der Waals surface area contributed by atoms with Gasteiger partial charge in [0, 0.05) is 11.6 Å². The van der Waals surface area contributed by atoms with Crippen LogP contribution in [-0.4, -0.2) is 39.5 Å². The van der Waals surface area contributed by atoms with Gasteiger partial charge in [0.05, 0.1) is 18.1 Å². The molecule has 1 aromatic heterocycles. The molecular formula is C12H19NO6S2. The number of sulfonamides is 1. The highest BCUT2D eigenvalue weighted by atomic mass is 32.2. The van der Waals surface area contributed by atoms with Crippen molar-refractivity contribution in [3.8, 4) is 0 Å². The Morgan fingerprint density at radius 3 is 2.33 bits per heavy atom. The summed E-state index contributed by atoms with van der Waals surface area (Å²) in [5.74, 6) is 0.543. The summed E-state index contributed by atoms with van der Waals surface area (Å²) in [6.45, 7) is 2.68. The van der Waals surface area contributed by atoms with Crippen molar-refractivity contribution in [3.63, 3.8) is 0 Å². The van der Waals surface area contributed by atoms with Gasteiger partial charge in [-0.1, -0.05) is 0 Å². The van der Waals surface area contributed by atoms with Crippen LogP contribution in [0.25, 0.3) is 0 Å². The van der Waals surface area contributed by atoms with E-state index in [0.717, 1.165) is 0 Å². The molecular weight excluding hydrogens is 318 g/mol. The van der Waals surface area contributed by atoms with Gasteiger partial charge in [-0.25, -0.2) is 21.6 Å². The summed E-state index contributed by atoms with van der Waals surface area (Å²) in [4.78, 5) is -0.0454. The van der Waals surface area contributed by atoms with Gasteiger partial charge in [-0.15, -0.1) is 0 Å². The molecule has 2 heterocycles. The van der Waals surface area contributed by atoms with E-state index in [1.165, 1.54) is 6.92 Å². The first kappa shape index (κ1) is 16.5. The quantitative estimate of drug-likeness (QED) is 0.814. The van der Waals surface area contributed by atoms with Gasteiger partial charge in [-0.05, 0) is 26.7 Å². The van der Waals surface area contributed by atoms with Crippen LogP contribution in [0, 0.1) is 13.8 Å². The van der Waals surface area contributed by atoms with E-state index in [-0.39, 0.29) is 40.6 Å². The highest BCUT2D eigenvalue weighted by molar-refractivity contribution is 7.91. The van der Waals surface area contributed by atoms with Crippen LogP contribution in [0.1, 0.15) is 29.9 Å². The largest absolute Gasteiger partial charge is 0.465 e. The fourth-order valence-corrected chi connectivity index (χ4v) is 5.77. The van der Waals surface area contributed by atoms with Gasteiger partial charge in [0.2, 0.25) is 10.0 Å². The van der Waals surface area contributed by atoms with Crippen molar-refractivity contribution < 1.29 is 26.4 Å². The summed E-state index contributed by atoms with van der Waals surface area (Å²) < 4.78 is 55.4. The van der Waals surface area contributed by atoms with Crippen LogP contribution in [-0.2, 0) is 26.5 Å². The maximum atomic E-state index is 12.4. The normalized spacial score (nSPS) is 19.8. The van der Waals surface area contributed by atoms with Crippen molar-refractivity contribution >= 4 is 19.9 Å². The number of aliphatic hydroxyl groups excluding tert-OH is 1. The molecule has 0 aromatic carbocycles.